The number of allylic oxidation sites excluding steroid dienone is 2. The van der Waals surface area contributed by atoms with E-state index in [1.54, 1.807) is 0 Å². The van der Waals surface area contributed by atoms with Crippen molar-refractivity contribution in [1.82, 2.24) is 0 Å². The van der Waals surface area contributed by atoms with Crippen molar-refractivity contribution in [2.75, 3.05) is 0 Å². The van der Waals surface area contributed by atoms with E-state index in [1.807, 2.05) is 19.9 Å². The Bertz CT molecular complexity index is 504. The van der Waals surface area contributed by atoms with Gasteiger partial charge in [-0.1, -0.05) is 12.7 Å². The molecule has 0 aromatic carbocycles. The third-order valence-corrected chi connectivity index (χ3v) is 4.53. The van der Waals surface area contributed by atoms with Gasteiger partial charge >= 0.3 is 5.97 Å². The Labute approximate surface area is 112 Å². The highest BCUT2D eigenvalue weighted by Crippen LogP contribution is 2.49. The number of carbonyl (C=O) groups is 2. The van der Waals surface area contributed by atoms with Crippen molar-refractivity contribution in [3.8, 4) is 0 Å². The van der Waals surface area contributed by atoms with Gasteiger partial charge in [-0.15, -0.1) is 0 Å². The van der Waals surface area contributed by atoms with Crippen LogP contribution >= 0.6 is 0 Å². The van der Waals surface area contributed by atoms with Crippen LogP contribution in [0, 0.1) is 5.92 Å². The summed E-state index contributed by atoms with van der Waals surface area (Å²) in [6, 6.07) is 0. The zero-order valence-corrected chi connectivity index (χ0v) is 11.3. The Balaban J connectivity index is 1.93. The second kappa shape index (κ2) is 4.04. The maximum absolute atomic E-state index is 12.1. The average Bonchev–Trinajstić information content (AvgIpc) is 2.95. The molecule has 102 valence electrons. The maximum atomic E-state index is 12.1. The number of carbonyl (C=O) groups excluding carboxylic acids is 2. The lowest BCUT2D eigenvalue weighted by Crippen LogP contribution is -2.30. The first-order valence-electron chi connectivity index (χ1n) is 6.70. The first-order chi connectivity index (χ1) is 8.92. The van der Waals surface area contributed by atoms with Gasteiger partial charge in [0.05, 0.1) is 5.60 Å². The molecule has 0 unspecified atom stereocenters. The molecule has 0 radical (unpaired) electrons. The van der Waals surface area contributed by atoms with E-state index in [9.17, 15) is 9.59 Å². The summed E-state index contributed by atoms with van der Waals surface area (Å²) >= 11 is 0. The van der Waals surface area contributed by atoms with Gasteiger partial charge in [0.1, 0.15) is 12.2 Å². The van der Waals surface area contributed by atoms with E-state index in [2.05, 4.69) is 6.58 Å². The molecule has 4 atom stereocenters. The molecule has 0 aromatic rings. The van der Waals surface area contributed by atoms with Gasteiger partial charge in [-0.3, -0.25) is 4.79 Å². The number of Topliss-reactive ketones (excluding diaryl/α,β-unsaturated/α-hetero) is 1. The molecule has 3 aliphatic rings. The fraction of sp³-hybridized carbons (Fsp3) is 0.600. The van der Waals surface area contributed by atoms with Crippen LogP contribution in [-0.2, 0) is 19.1 Å². The number of ketones is 1. The minimum absolute atomic E-state index is 0.0682. The third-order valence-electron chi connectivity index (χ3n) is 4.53. The van der Waals surface area contributed by atoms with E-state index in [4.69, 9.17) is 9.47 Å². The van der Waals surface area contributed by atoms with Crippen LogP contribution in [0.3, 0.4) is 0 Å². The second-order valence-corrected chi connectivity index (χ2v) is 5.91. The van der Waals surface area contributed by atoms with Crippen LogP contribution in [0.25, 0.3) is 0 Å². The van der Waals surface area contributed by atoms with Crippen molar-refractivity contribution in [3.63, 3.8) is 0 Å². The summed E-state index contributed by atoms with van der Waals surface area (Å²) in [5, 5.41) is 0. The van der Waals surface area contributed by atoms with Crippen molar-refractivity contribution in [1.29, 1.82) is 0 Å². The van der Waals surface area contributed by atoms with Crippen molar-refractivity contribution in [2.45, 2.75) is 50.9 Å². The summed E-state index contributed by atoms with van der Waals surface area (Å²) in [5.41, 5.74) is 0.934. The zero-order valence-electron chi connectivity index (χ0n) is 11.3. The quantitative estimate of drug-likeness (QED) is 0.380. The summed E-state index contributed by atoms with van der Waals surface area (Å²) in [4.78, 5) is 23.8. The summed E-state index contributed by atoms with van der Waals surface area (Å²) in [7, 11) is 0. The van der Waals surface area contributed by atoms with Crippen molar-refractivity contribution in [3.05, 3.63) is 23.8 Å². The van der Waals surface area contributed by atoms with Gasteiger partial charge in [-0.2, -0.15) is 0 Å². The molecule has 2 saturated heterocycles. The molecule has 0 aromatic heterocycles. The molecule has 4 nitrogen and oxygen atoms in total. The molecule has 0 saturated carbocycles. The molecule has 4 heteroatoms. The predicted molar refractivity (Wildman–Crippen MR) is 68.4 cm³/mol. The van der Waals surface area contributed by atoms with E-state index < -0.39 is 0 Å². The first-order valence-corrected chi connectivity index (χ1v) is 6.70. The van der Waals surface area contributed by atoms with Crippen LogP contribution in [0.2, 0.25) is 0 Å². The average molecular weight is 262 g/mol. The number of hydrogen-bond donors (Lipinski definition) is 0. The molecule has 2 fully saturated rings. The summed E-state index contributed by atoms with van der Waals surface area (Å²) < 4.78 is 11.1. The lowest BCUT2D eigenvalue weighted by Gasteiger charge is -2.18. The summed E-state index contributed by atoms with van der Waals surface area (Å²) in [5.74, 6) is -0.562. The van der Waals surface area contributed by atoms with Crippen LogP contribution < -0.4 is 0 Å². The third kappa shape index (κ3) is 1.94. The smallest absolute Gasteiger partial charge is 0.334 e. The molecule has 19 heavy (non-hydrogen) atoms. The lowest BCUT2D eigenvalue weighted by molar-refractivity contribution is -0.140. The molecule has 2 heterocycles. The molecule has 0 spiro atoms. The van der Waals surface area contributed by atoms with Crippen LogP contribution in [-0.4, -0.2) is 29.6 Å². The van der Waals surface area contributed by atoms with Crippen LogP contribution in [0.4, 0.5) is 0 Å². The largest absolute Gasteiger partial charge is 0.455 e. The van der Waals surface area contributed by atoms with E-state index in [0.29, 0.717) is 5.57 Å². The van der Waals surface area contributed by atoms with Crippen LogP contribution in [0.1, 0.15) is 33.1 Å². The van der Waals surface area contributed by atoms with E-state index in [1.165, 1.54) is 0 Å². The van der Waals surface area contributed by atoms with Gasteiger partial charge in [0.25, 0.3) is 0 Å². The fourth-order valence-corrected chi connectivity index (χ4v) is 3.06. The van der Waals surface area contributed by atoms with Gasteiger partial charge < -0.3 is 9.47 Å². The van der Waals surface area contributed by atoms with Gasteiger partial charge in [0, 0.05) is 17.9 Å². The highest BCUT2D eigenvalue weighted by atomic mass is 16.6. The Kier molecular flexibility index (Phi) is 2.68. The van der Waals surface area contributed by atoms with Crippen molar-refractivity contribution >= 4 is 11.8 Å². The van der Waals surface area contributed by atoms with Crippen molar-refractivity contribution < 1.29 is 19.1 Å². The molecular weight excluding hydrogens is 244 g/mol. The SMILES string of the molecule is C=C1C(=O)O[C@@H]2[C@H]3O[C@]3(C)CC/C=C(/C)C(=O)C[C@@H]12. The maximum Gasteiger partial charge on any atom is 0.334 e. The zero-order chi connectivity index (χ0) is 13.8. The normalized spacial score (nSPS) is 44.8. The Hall–Kier alpha value is -1.42. The highest BCUT2D eigenvalue weighted by Gasteiger charge is 2.61. The second-order valence-electron chi connectivity index (χ2n) is 5.91. The van der Waals surface area contributed by atoms with Crippen molar-refractivity contribution in [2.24, 2.45) is 5.92 Å². The minimum Gasteiger partial charge on any atom is -0.455 e. The predicted octanol–water partition coefficient (Wildman–Crippen LogP) is 1.94. The standard InChI is InChI=1S/C15H18O4/c1-8-5-4-6-15(3)13(19-15)12-10(7-11(8)16)9(2)14(17)18-12/h5,10,12-13H,2,4,6-7H2,1,3H3/b8-5-/t10-,12-,13+,15+/m0/s1. The lowest BCUT2D eigenvalue weighted by atomic mass is 9.83. The Morgan fingerprint density at radius 2 is 2.16 bits per heavy atom. The molecule has 1 aliphatic carbocycles. The highest BCUT2D eigenvalue weighted by molar-refractivity contribution is 5.98. The van der Waals surface area contributed by atoms with Gasteiger partial charge in [0.15, 0.2) is 5.78 Å². The molecule has 0 N–H and O–H groups in total. The number of epoxide rings is 1. The number of rotatable bonds is 0. The number of hydrogen-bond acceptors (Lipinski definition) is 4. The van der Waals surface area contributed by atoms with E-state index in [-0.39, 0.29) is 41.9 Å². The van der Waals surface area contributed by atoms with Gasteiger partial charge in [-0.05, 0) is 32.3 Å². The fourth-order valence-electron chi connectivity index (χ4n) is 3.06. The monoisotopic (exact) mass is 262 g/mol. The molecule has 3 rings (SSSR count). The number of esters is 1. The van der Waals surface area contributed by atoms with Crippen LogP contribution in [0.5, 0.6) is 0 Å². The molecule has 0 amide bonds. The van der Waals surface area contributed by atoms with E-state index in [0.717, 1.165) is 18.4 Å². The number of ether oxygens (including phenoxy) is 2. The Morgan fingerprint density at radius 1 is 1.42 bits per heavy atom. The topological polar surface area (TPSA) is 55.9 Å². The minimum atomic E-state index is -0.387. The van der Waals surface area contributed by atoms with Gasteiger partial charge in [0.2, 0.25) is 0 Å². The van der Waals surface area contributed by atoms with Gasteiger partial charge in [-0.25, -0.2) is 4.79 Å². The molecule has 0 bridgehead atoms. The summed E-state index contributed by atoms with van der Waals surface area (Å²) in [6.45, 7) is 7.64. The summed E-state index contributed by atoms with van der Waals surface area (Å²) in [6.07, 6.45) is 3.47. The van der Waals surface area contributed by atoms with E-state index >= 15 is 0 Å². The molecular formula is C15H18O4. The van der Waals surface area contributed by atoms with Crippen LogP contribution in [0.15, 0.2) is 23.8 Å². The Morgan fingerprint density at radius 3 is 2.89 bits per heavy atom. The molecule has 2 aliphatic heterocycles. The number of fused-ring (bicyclic) bond motifs is 3. The first kappa shape index (κ1) is 12.6.